The molecule has 0 bridgehead atoms. The fourth-order valence-electron chi connectivity index (χ4n) is 2.16. The Morgan fingerprint density at radius 1 is 1.13 bits per heavy atom. The quantitative estimate of drug-likeness (QED) is 0.840. The van der Waals surface area contributed by atoms with Gasteiger partial charge in [0, 0.05) is 17.1 Å². The highest BCUT2D eigenvalue weighted by Gasteiger charge is 2.10. The molecule has 0 saturated carbocycles. The van der Waals surface area contributed by atoms with Gasteiger partial charge in [-0.2, -0.15) is 0 Å². The first-order valence-electron chi connectivity index (χ1n) is 7.47. The van der Waals surface area contributed by atoms with Crippen molar-refractivity contribution in [3.63, 3.8) is 0 Å². The molecule has 122 valence electrons. The van der Waals surface area contributed by atoms with Crippen molar-refractivity contribution in [1.82, 2.24) is 5.32 Å². The minimum Gasteiger partial charge on any atom is -0.493 e. The number of benzene rings is 2. The lowest BCUT2D eigenvalue weighted by Crippen LogP contribution is -2.25. The van der Waals surface area contributed by atoms with E-state index in [4.69, 9.17) is 21.1 Å². The first-order chi connectivity index (χ1) is 11.1. The average molecular weight is 334 g/mol. The molecular formula is C18H20ClNO3. The molecule has 4 nitrogen and oxygen atoms in total. The summed E-state index contributed by atoms with van der Waals surface area (Å²) in [5.74, 6) is 1.05. The van der Waals surface area contributed by atoms with Crippen molar-refractivity contribution in [1.29, 1.82) is 0 Å². The lowest BCUT2D eigenvalue weighted by molar-refractivity contribution is 0.0953. The number of amides is 1. The van der Waals surface area contributed by atoms with Gasteiger partial charge in [-0.05, 0) is 49.2 Å². The van der Waals surface area contributed by atoms with E-state index in [1.54, 1.807) is 25.3 Å². The Kier molecular flexibility index (Phi) is 6.29. The third-order valence-corrected chi connectivity index (χ3v) is 3.59. The van der Waals surface area contributed by atoms with Crippen LogP contribution in [0.3, 0.4) is 0 Å². The zero-order valence-electron chi connectivity index (χ0n) is 13.3. The van der Waals surface area contributed by atoms with Gasteiger partial charge < -0.3 is 14.8 Å². The third kappa shape index (κ3) is 4.89. The molecule has 0 fully saturated rings. The van der Waals surface area contributed by atoms with Crippen molar-refractivity contribution < 1.29 is 14.3 Å². The summed E-state index contributed by atoms with van der Waals surface area (Å²) in [5, 5.41) is 3.60. The molecule has 0 radical (unpaired) electrons. The minimum atomic E-state index is -0.139. The van der Waals surface area contributed by atoms with Crippen LogP contribution < -0.4 is 14.8 Å². The van der Waals surface area contributed by atoms with Crippen LogP contribution in [-0.4, -0.2) is 26.2 Å². The van der Waals surface area contributed by atoms with Crippen LogP contribution in [-0.2, 0) is 6.42 Å². The Bertz CT molecular complexity index is 656. The van der Waals surface area contributed by atoms with Gasteiger partial charge in [-0.25, -0.2) is 0 Å². The molecule has 0 spiro atoms. The van der Waals surface area contributed by atoms with Crippen LogP contribution in [0.1, 0.15) is 22.8 Å². The summed E-state index contributed by atoms with van der Waals surface area (Å²) in [7, 11) is 1.56. The molecule has 0 aliphatic carbocycles. The minimum absolute atomic E-state index is 0.139. The molecule has 0 aliphatic rings. The molecule has 23 heavy (non-hydrogen) atoms. The van der Waals surface area contributed by atoms with Gasteiger partial charge in [0.15, 0.2) is 11.5 Å². The number of methoxy groups -OCH3 is 1. The standard InChI is InChI=1S/C18H20ClNO3/c1-3-23-16-9-6-14(12-17(16)22-2)18(21)20-11-10-13-4-7-15(19)8-5-13/h4-9,12H,3,10-11H2,1-2H3,(H,20,21). The van der Waals surface area contributed by atoms with Gasteiger partial charge in [-0.1, -0.05) is 23.7 Å². The van der Waals surface area contributed by atoms with E-state index in [0.29, 0.717) is 35.2 Å². The van der Waals surface area contributed by atoms with Gasteiger partial charge in [0.05, 0.1) is 13.7 Å². The van der Waals surface area contributed by atoms with Gasteiger partial charge in [0.25, 0.3) is 5.91 Å². The van der Waals surface area contributed by atoms with Crippen LogP contribution in [0.25, 0.3) is 0 Å². The highest BCUT2D eigenvalue weighted by Crippen LogP contribution is 2.27. The highest BCUT2D eigenvalue weighted by molar-refractivity contribution is 6.30. The van der Waals surface area contributed by atoms with E-state index in [1.807, 2.05) is 31.2 Å². The van der Waals surface area contributed by atoms with Crippen molar-refractivity contribution in [2.75, 3.05) is 20.3 Å². The second kappa shape index (κ2) is 8.44. The smallest absolute Gasteiger partial charge is 0.251 e. The molecule has 5 heteroatoms. The first-order valence-corrected chi connectivity index (χ1v) is 7.85. The number of carbonyl (C=O) groups is 1. The van der Waals surface area contributed by atoms with Gasteiger partial charge in [-0.3, -0.25) is 4.79 Å². The third-order valence-electron chi connectivity index (χ3n) is 3.34. The van der Waals surface area contributed by atoms with Crippen LogP contribution in [0.15, 0.2) is 42.5 Å². The molecular weight excluding hydrogens is 314 g/mol. The normalized spacial score (nSPS) is 10.2. The molecule has 0 aliphatic heterocycles. The van der Waals surface area contributed by atoms with E-state index in [1.165, 1.54) is 0 Å². The summed E-state index contributed by atoms with van der Waals surface area (Å²) in [4.78, 5) is 12.2. The average Bonchev–Trinajstić information content (AvgIpc) is 2.57. The Morgan fingerprint density at radius 2 is 1.87 bits per heavy atom. The molecule has 2 rings (SSSR count). The Labute approximate surface area is 141 Å². The topological polar surface area (TPSA) is 47.6 Å². The molecule has 1 N–H and O–H groups in total. The largest absolute Gasteiger partial charge is 0.493 e. The molecule has 2 aromatic carbocycles. The number of hydrogen-bond donors (Lipinski definition) is 1. The first kappa shape index (κ1) is 17.2. The summed E-state index contributed by atoms with van der Waals surface area (Å²) in [6.45, 7) is 3.00. The number of ether oxygens (including phenoxy) is 2. The lowest BCUT2D eigenvalue weighted by Gasteiger charge is -2.11. The zero-order valence-corrected chi connectivity index (χ0v) is 14.0. The van der Waals surface area contributed by atoms with Crippen molar-refractivity contribution in [3.8, 4) is 11.5 Å². The van der Waals surface area contributed by atoms with E-state index in [0.717, 1.165) is 12.0 Å². The Balaban J connectivity index is 1.93. The summed E-state index contributed by atoms with van der Waals surface area (Å²) in [6, 6.07) is 12.7. The predicted molar refractivity (Wildman–Crippen MR) is 91.7 cm³/mol. The molecule has 2 aromatic rings. The molecule has 1 amide bonds. The van der Waals surface area contributed by atoms with E-state index >= 15 is 0 Å². The zero-order chi connectivity index (χ0) is 16.7. The number of rotatable bonds is 7. The van der Waals surface area contributed by atoms with Gasteiger partial charge in [0.2, 0.25) is 0 Å². The number of hydrogen-bond acceptors (Lipinski definition) is 3. The van der Waals surface area contributed by atoms with Crippen LogP contribution in [0.2, 0.25) is 5.02 Å². The number of carbonyl (C=O) groups excluding carboxylic acids is 1. The summed E-state index contributed by atoms with van der Waals surface area (Å²) < 4.78 is 10.7. The van der Waals surface area contributed by atoms with E-state index < -0.39 is 0 Å². The van der Waals surface area contributed by atoms with Crippen LogP contribution >= 0.6 is 11.6 Å². The SMILES string of the molecule is CCOc1ccc(C(=O)NCCc2ccc(Cl)cc2)cc1OC. The van der Waals surface area contributed by atoms with E-state index in [2.05, 4.69) is 5.32 Å². The monoisotopic (exact) mass is 333 g/mol. The van der Waals surface area contributed by atoms with Crippen LogP contribution in [0.5, 0.6) is 11.5 Å². The van der Waals surface area contributed by atoms with Crippen molar-refractivity contribution in [2.24, 2.45) is 0 Å². The maximum absolute atomic E-state index is 12.2. The fraction of sp³-hybridized carbons (Fsp3) is 0.278. The second-order valence-corrected chi connectivity index (χ2v) is 5.37. The molecule has 0 aromatic heterocycles. The van der Waals surface area contributed by atoms with E-state index in [-0.39, 0.29) is 5.91 Å². The van der Waals surface area contributed by atoms with E-state index in [9.17, 15) is 4.79 Å². The molecule has 0 atom stereocenters. The number of halogens is 1. The Morgan fingerprint density at radius 3 is 2.52 bits per heavy atom. The highest BCUT2D eigenvalue weighted by atomic mass is 35.5. The maximum Gasteiger partial charge on any atom is 0.251 e. The lowest BCUT2D eigenvalue weighted by atomic mass is 10.1. The van der Waals surface area contributed by atoms with Crippen molar-refractivity contribution in [3.05, 3.63) is 58.6 Å². The maximum atomic E-state index is 12.2. The summed E-state index contributed by atoms with van der Waals surface area (Å²) in [5.41, 5.74) is 1.67. The second-order valence-electron chi connectivity index (χ2n) is 4.93. The predicted octanol–water partition coefficient (Wildman–Crippen LogP) is 3.72. The van der Waals surface area contributed by atoms with Gasteiger partial charge >= 0.3 is 0 Å². The summed E-state index contributed by atoms with van der Waals surface area (Å²) in [6.07, 6.45) is 0.747. The molecule has 0 saturated heterocycles. The van der Waals surface area contributed by atoms with Gasteiger partial charge in [-0.15, -0.1) is 0 Å². The van der Waals surface area contributed by atoms with Crippen LogP contribution in [0, 0.1) is 0 Å². The van der Waals surface area contributed by atoms with Crippen molar-refractivity contribution in [2.45, 2.75) is 13.3 Å². The van der Waals surface area contributed by atoms with Crippen molar-refractivity contribution >= 4 is 17.5 Å². The number of nitrogens with one attached hydrogen (secondary N) is 1. The molecule has 0 unspecified atom stereocenters. The Hall–Kier alpha value is -2.20. The van der Waals surface area contributed by atoms with Crippen LogP contribution in [0.4, 0.5) is 0 Å². The molecule has 0 heterocycles. The fourth-order valence-corrected chi connectivity index (χ4v) is 2.28. The van der Waals surface area contributed by atoms with Gasteiger partial charge in [0.1, 0.15) is 0 Å². The summed E-state index contributed by atoms with van der Waals surface area (Å²) >= 11 is 5.85.